The Kier molecular flexibility index (Phi) is 7.76. The van der Waals surface area contributed by atoms with Crippen molar-refractivity contribution in [3.05, 3.63) is 93.2 Å². The van der Waals surface area contributed by atoms with Gasteiger partial charge in [-0.3, -0.25) is 4.79 Å². The molecule has 1 atom stereocenters. The molecule has 2 aliphatic rings. The van der Waals surface area contributed by atoms with Crippen LogP contribution in [0.4, 0.5) is 0 Å². The highest BCUT2D eigenvalue weighted by Crippen LogP contribution is 2.45. The van der Waals surface area contributed by atoms with Crippen LogP contribution in [-0.2, 0) is 20.7 Å². The standard InChI is InChI=1S/C28H31N3O3S/c1-5-34-27(33)25-20(4)30-28-31(26(25)23-12-11-18(2)15-19(23)3)22(17-35-28)16-24(32)29-14-13-21-9-7-6-8-10-21/h6-12,15,17,26H,5,13-14,16H2,1-4H3,(H,29,32)/t26-/m1/s1. The van der Waals surface area contributed by atoms with Crippen LogP contribution in [0.3, 0.4) is 0 Å². The van der Waals surface area contributed by atoms with E-state index in [1.54, 1.807) is 6.92 Å². The fraction of sp³-hybridized carbons (Fsp3) is 0.321. The maximum absolute atomic E-state index is 13.1. The second kappa shape index (κ2) is 11.0. The normalized spacial score (nSPS) is 17.0. The minimum atomic E-state index is -0.402. The number of hydrogen-bond donors (Lipinski definition) is 1. The quantitative estimate of drug-likeness (QED) is 0.517. The Morgan fingerprint density at radius 1 is 1.11 bits per heavy atom. The smallest absolute Gasteiger partial charge is 0.338 e. The van der Waals surface area contributed by atoms with Crippen LogP contribution in [0.5, 0.6) is 0 Å². The van der Waals surface area contributed by atoms with E-state index in [1.807, 2.05) is 35.4 Å². The molecule has 0 unspecified atom stereocenters. The van der Waals surface area contributed by atoms with Crippen molar-refractivity contribution in [2.75, 3.05) is 13.2 Å². The highest BCUT2D eigenvalue weighted by molar-refractivity contribution is 8.16. The summed E-state index contributed by atoms with van der Waals surface area (Å²) in [6.07, 6.45) is 0.980. The molecule has 2 aromatic carbocycles. The fourth-order valence-electron chi connectivity index (χ4n) is 4.48. The van der Waals surface area contributed by atoms with Gasteiger partial charge in [-0.2, -0.15) is 0 Å². The number of aliphatic imine (C=N–C) groups is 1. The number of ether oxygens (including phenoxy) is 1. The number of hydrogen-bond acceptors (Lipinski definition) is 6. The molecule has 7 heteroatoms. The SMILES string of the molecule is CCOC(=O)C1=C(C)N=C2SC=C(CC(=O)NCCc3ccccc3)N2[C@@H]1c1ccc(C)cc1C. The number of fused-ring (bicyclic) bond motifs is 1. The zero-order valence-corrected chi connectivity index (χ0v) is 21.4. The van der Waals surface area contributed by atoms with Crippen molar-refractivity contribution in [1.82, 2.24) is 10.2 Å². The number of aryl methyl sites for hydroxylation is 2. The van der Waals surface area contributed by atoms with Gasteiger partial charge in [-0.05, 0) is 56.2 Å². The van der Waals surface area contributed by atoms with Crippen molar-refractivity contribution in [2.45, 2.75) is 46.6 Å². The summed E-state index contributed by atoms with van der Waals surface area (Å²) in [6, 6.07) is 15.9. The molecule has 35 heavy (non-hydrogen) atoms. The maximum atomic E-state index is 13.1. The van der Waals surface area contributed by atoms with Crippen molar-refractivity contribution in [2.24, 2.45) is 4.99 Å². The Morgan fingerprint density at radius 2 is 1.89 bits per heavy atom. The van der Waals surface area contributed by atoms with E-state index in [-0.39, 0.29) is 24.9 Å². The van der Waals surface area contributed by atoms with Gasteiger partial charge in [0, 0.05) is 12.2 Å². The lowest BCUT2D eigenvalue weighted by molar-refractivity contribution is -0.139. The third kappa shape index (κ3) is 5.51. The van der Waals surface area contributed by atoms with Crippen molar-refractivity contribution < 1.29 is 14.3 Å². The van der Waals surface area contributed by atoms with Crippen LogP contribution in [0.25, 0.3) is 0 Å². The molecule has 6 nitrogen and oxygen atoms in total. The van der Waals surface area contributed by atoms with E-state index in [1.165, 1.54) is 17.3 Å². The minimum Gasteiger partial charge on any atom is -0.463 e. The lowest BCUT2D eigenvalue weighted by Crippen LogP contribution is -2.38. The van der Waals surface area contributed by atoms with E-state index in [2.05, 4.69) is 49.5 Å². The summed E-state index contributed by atoms with van der Waals surface area (Å²) in [5, 5.41) is 5.77. The number of allylic oxidation sites excluding steroid dienone is 1. The first-order valence-corrected chi connectivity index (χ1v) is 12.8. The van der Waals surface area contributed by atoms with Gasteiger partial charge in [-0.15, -0.1) is 0 Å². The summed E-state index contributed by atoms with van der Waals surface area (Å²) in [5.41, 5.74) is 6.40. The summed E-state index contributed by atoms with van der Waals surface area (Å²) in [5.74, 6) is -0.432. The highest BCUT2D eigenvalue weighted by Gasteiger charge is 2.41. The lowest BCUT2D eigenvalue weighted by atomic mass is 9.90. The maximum Gasteiger partial charge on any atom is 0.338 e. The predicted octanol–water partition coefficient (Wildman–Crippen LogP) is 5.19. The number of rotatable bonds is 8. The van der Waals surface area contributed by atoms with Crippen LogP contribution in [0, 0.1) is 13.8 Å². The van der Waals surface area contributed by atoms with Gasteiger partial charge in [-0.1, -0.05) is 65.9 Å². The van der Waals surface area contributed by atoms with Crippen molar-refractivity contribution >= 4 is 28.8 Å². The molecule has 0 spiro atoms. The summed E-state index contributed by atoms with van der Waals surface area (Å²) in [4.78, 5) is 32.7. The van der Waals surface area contributed by atoms with E-state index in [0.29, 0.717) is 17.8 Å². The molecule has 2 aliphatic heterocycles. The van der Waals surface area contributed by atoms with Gasteiger partial charge < -0.3 is 15.0 Å². The van der Waals surface area contributed by atoms with Gasteiger partial charge in [0.1, 0.15) is 0 Å². The zero-order valence-electron chi connectivity index (χ0n) is 20.6. The van der Waals surface area contributed by atoms with Gasteiger partial charge in [0.05, 0.1) is 30.3 Å². The van der Waals surface area contributed by atoms with E-state index in [9.17, 15) is 9.59 Å². The Bertz CT molecular complexity index is 1220. The molecular formula is C28H31N3O3S. The lowest BCUT2D eigenvalue weighted by Gasteiger charge is -2.37. The number of carbonyl (C=O) groups is 2. The second-order valence-electron chi connectivity index (χ2n) is 8.74. The van der Waals surface area contributed by atoms with E-state index in [4.69, 9.17) is 9.73 Å². The molecule has 0 aliphatic carbocycles. The Hall–Kier alpha value is -3.32. The molecule has 1 N–H and O–H groups in total. The second-order valence-corrected chi connectivity index (χ2v) is 9.57. The molecule has 2 heterocycles. The third-order valence-electron chi connectivity index (χ3n) is 6.14. The molecule has 0 saturated carbocycles. The first-order chi connectivity index (χ1) is 16.9. The average Bonchev–Trinajstić information content (AvgIpc) is 3.21. The molecule has 182 valence electrons. The number of benzene rings is 2. The number of amidine groups is 1. The molecule has 0 fully saturated rings. The average molecular weight is 490 g/mol. The van der Waals surface area contributed by atoms with Crippen LogP contribution in [-0.4, -0.2) is 35.1 Å². The third-order valence-corrected chi connectivity index (χ3v) is 7.02. The van der Waals surface area contributed by atoms with Crippen LogP contribution in [0.15, 0.2) is 75.9 Å². The van der Waals surface area contributed by atoms with E-state index < -0.39 is 6.04 Å². The monoisotopic (exact) mass is 489 g/mol. The van der Waals surface area contributed by atoms with Gasteiger partial charge >= 0.3 is 5.97 Å². The number of thioether (sulfide) groups is 1. The molecule has 4 rings (SSSR count). The van der Waals surface area contributed by atoms with Crippen molar-refractivity contribution in [1.29, 1.82) is 0 Å². The Balaban J connectivity index is 1.58. The summed E-state index contributed by atoms with van der Waals surface area (Å²) in [7, 11) is 0. The van der Waals surface area contributed by atoms with Gasteiger partial charge in [0.2, 0.25) is 5.91 Å². The highest BCUT2D eigenvalue weighted by atomic mass is 32.2. The van der Waals surface area contributed by atoms with Gasteiger partial charge in [0.25, 0.3) is 0 Å². The number of amides is 1. The number of nitrogens with one attached hydrogen (secondary N) is 1. The summed E-state index contributed by atoms with van der Waals surface area (Å²) >= 11 is 1.48. The summed E-state index contributed by atoms with van der Waals surface area (Å²) < 4.78 is 5.43. The van der Waals surface area contributed by atoms with Crippen LogP contribution >= 0.6 is 11.8 Å². The summed E-state index contributed by atoms with van der Waals surface area (Å²) in [6.45, 7) is 8.60. The van der Waals surface area contributed by atoms with E-state index in [0.717, 1.165) is 34.0 Å². The first kappa shape index (κ1) is 24.8. The Morgan fingerprint density at radius 3 is 2.60 bits per heavy atom. The minimum absolute atomic E-state index is 0.0580. The van der Waals surface area contributed by atoms with Crippen LogP contribution < -0.4 is 5.32 Å². The Labute approximate surface area is 211 Å². The first-order valence-electron chi connectivity index (χ1n) is 11.9. The molecular weight excluding hydrogens is 458 g/mol. The molecule has 1 amide bonds. The van der Waals surface area contributed by atoms with Gasteiger partial charge in [-0.25, -0.2) is 9.79 Å². The van der Waals surface area contributed by atoms with Gasteiger partial charge in [0.15, 0.2) is 5.17 Å². The van der Waals surface area contributed by atoms with Crippen molar-refractivity contribution in [3.8, 4) is 0 Å². The number of esters is 1. The zero-order chi connectivity index (χ0) is 24.9. The van der Waals surface area contributed by atoms with Crippen LogP contribution in [0.2, 0.25) is 0 Å². The molecule has 0 saturated heterocycles. The molecule has 2 aromatic rings. The van der Waals surface area contributed by atoms with Crippen LogP contribution in [0.1, 0.15) is 48.6 Å². The fourth-order valence-corrected chi connectivity index (χ4v) is 5.45. The number of nitrogens with zero attached hydrogens (tertiary/aromatic N) is 2. The molecule has 0 radical (unpaired) electrons. The largest absolute Gasteiger partial charge is 0.463 e. The number of carbonyl (C=O) groups excluding carboxylic acids is 2. The van der Waals surface area contributed by atoms with E-state index >= 15 is 0 Å². The molecule has 0 aromatic heterocycles. The topological polar surface area (TPSA) is 71.0 Å². The molecule has 0 bridgehead atoms. The van der Waals surface area contributed by atoms with Crippen molar-refractivity contribution in [3.63, 3.8) is 0 Å². The predicted molar refractivity (Wildman–Crippen MR) is 141 cm³/mol.